The second kappa shape index (κ2) is 3.40. The van der Waals surface area contributed by atoms with Crippen molar-refractivity contribution in [2.75, 3.05) is 0 Å². The highest BCUT2D eigenvalue weighted by Crippen LogP contribution is 2.16. The molecule has 1 aromatic rings. The Balaban J connectivity index is 2.74. The summed E-state index contributed by atoms with van der Waals surface area (Å²) >= 11 is 0. The van der Waals surface area contributed by atoms with Gasteiger partial charge in [0.25, 0.3) is 0 Å². The van der Waals surface area contributed by atoms with Gasteiger partial charge in [-0.2, -0.15) is 0 Å². The first-order chi connectivity index (χ1) is 5.38. The molecule has 0 aromatic heterocycles. The highest BCUT2D eigenvalue weighted by Gasteiger charge is 1.98. The first-order valence-electron chi connectivity index (χ1n) is 4.43. The normalized spacial score (nSPS) is 14.3. The first kappa shape index (κ1) is 5.96. The van der Waals surface area contributed by atoms with Crippen LogP contribution in [-0.2, 0) is 0 Å². The summed E-state index contributed by atoms with van der Waals surface area (Å²) in [5.74, 6) is 0.427. The van der Waals surface area contributed by atoms with Gasteiger partial charge in [-0.3, -0.25) is 0 Å². The second-order valence-corrected chi connectivity index (χ2v) is 2.52. The van der Waals surface area contributed by atoms with Gasteiger partial charge in [-0.1, -0.05) is 44.2 Å². The molecule has 0 aliphatic carbocycles. The molecular formula is C10H14. The van der Waals surface area contributed by atoms with E-state index in [2.05, 4.69) is 19.1 Å². The molecule has 1 rings (SSSR count). The van der Waals surface area contributed by atoms with Crippen molar-refractivity contribution < 1.29 is 1.37 Å². The molecular weight excluding hydrogens is 120 g/mol. The predicted molar refractivity (Wildman–Crippen MR) is 45.1 cm³/mol. The predicted octanol–water partition coefficient (Wildman–Crippen LogP) is 3.20. The van der Waals surface area contributed by atoms with Gasteiger partial charge in [0, 0.05) is 1.37 Å². The quantitative estimate of drug-likeness (QED) is 0.584. The van der Waals surface area contributed by atoms with Crippen molar-refractivity contribution in [3.8, 4) is 0 Å². The van der Waals surface area contributed by atoms with Crippen LogP contribution in [0.15, 0.2) is 30.3 Å². The molecule has 0 N–H and O–H groups in total. The monoisotopic (exact) mass is 135 g/mol. The lowest BCUT2D eigenvalue weighted by Crippen LogP contribution is -1.88. The van der Waals surface area contributed by atoms with E-state index >= 15 is 0 Å². The van der Waals surface area contributed by atoms with Crippen LogP contribution in [0.2, 0.25) is 0 Å². The highest BCUT2D eigenvalue weighted by atomic mass is 14.0. The zero-order valence-electron chi connectivity index (χ0n) is 7.38. The summed E-state index contributed by atoms with van der Waals surface area (Å²) in [6.07, 6.45) is 1.06. The lowest BCUT2D eigenvalue weighted by molar-refractivity contribution is 0.733. The van der Waals surface area contributed by atoms with Gasteiger partial charge in [0.05, 0.1) is 0 Å². The van der Waals surface area contributed by atoms with Crippen LogP contribution in [0.1, 0.15) is 33.1 Å². The smallest absolute Gasteiger partial charge is 0.0237 e. The maximum absolute atomic E-state index is 7.30. The summed E-state index contributed by atoms with van der Waals surface area (Å²) in [5.41, 5.74) is 1.30. The van der Waals surface area contributed by atoms with E-state index < -0.39 is 0 Å². The zero-order chi connectivity index (χ0) is 8.10. The van der Waals surface area contributed by atoms with Crippen LogP contribution >= 0.6 is 0 Å². The molecule has 54 valence electrons. The van der Waals surface area contributed by atoms with Crippen molar-refractivity contribution in [1.82, 2.24) is 0 Å². The maximum Gasteiger partial charge on any atom is 0.0237 e. The molecule has 1 atom stereocenters. The molecule has 0 fully saturated rings. The third kappa shape index (κ3) is 1.60. The van der Waals surface area contributed by atoms with Crippen LogP contribution in [-0.4, -0.2) is 0 Å². The van der Waals surface area contributed by atoms with E-state index in [0.29, 0.717) is 12.8 Å². The second-order valence-electron chi connectivity index (χ2n) is 2.52. The fourth-order valence-corrected chi connectivity index (χ4v) is 0.961. The number of rotatable bonds is 2. The summed E-state index contributed by atoms with van der Waals surface area (Å²) in [6, 6.07) is 10.3. The van der Waals surface area contributed by atoms with Gasteiger partial charge in [0.1, 0.15) is 0 Å². The molecule has 10 heavy (non-hydrogen) atoms. The third-order valence-corrected chi connectivity index (χ3v) is 1.76. The summed E-state index contributed by atoms with van der Waals surface area (Å²) in [6.45, 7) is 2.63. The Bertz CT molecular complexity index is 189. The van der Waals surface area contributed by atoms with Gasteiger partial charge >= 0.3 is 0 Å². The average Bonchev–Trinajstić information content (AvgIpc) is 2.09. The van der Waals surface area contributed by atoms with Gasteiger partial charge in [-0.05, 0) is 17.9 Å². The molecule has 0 bridgehead atoms. The fourth-order valence-electron chi connectivity index (χ4n) is 0.961. The first-order valence-corrected chi connectivity index (χ1v) is 3.72. The number of hydrogen-bond donors (Lipinski definition) is 0. The van der Waals surface area contributed by atoms with Gasteiger partial charge in [0.2, 0.25) is 0 Å². The summed E-state index contributed by atoms with van der Waals surface area (Å²) in [5, 5.41) is 0. The van der Waals surface area contributed by atoms with Gasteiger partial charge < -0.3 is 0 Å². The van der Waals surface area contributed by atoms with E-state index in [1.165, 1.54) is 5.56 Å². The van der Waals surface area contributed by atoms with Crippen LogP contribution in [0.5, 0.6) is 0 Å². The third-order valence-electron chi connectivity index (χ3n) is 1.76. The van der Waals surface area contributed by atoms with E-state index in [1.807, 2.05) is 18.2 Å². The SMILES string of the molecule is [2H]C[C@@H](CC)c1ccccc1. The lowest BCUT2D eigenvalue weighted by Gasteiger charge is -2.06. The molecule has 0 aliphatic heterocycles. The molecule has 1 aromatic carbocycles. The van der Waals surface area contributed by atoms with Crippen molar-refractivity contribution >= 4 is 0 Å². The van der Waals surface area contributed by atoms with E-state index in [1.54, 1.807) is 0 Å². The van der Waals surface area contributed by atoms with Crippen molar-refractivity contribution in [3.05, 3.63) is 35.9 Å². The van der Waals surface area contributed by atoms with Crippen LogP contribution in [0.4, 0.5) is 0 Å². The zero-order valence-corrected chi connectivity index (χ0v) is 6.38. The van der Waals surface area contributed by atoms with Gasteiger partial charge in [-0.15, -0.1) is 0 Å². The topological polar surface area (TPSA) is 0 Å². The number of hydrogen-bond acceptors (Lipinski definition) is 0. The molecule has 0 spiro atoms. The van der Waals surface area contributed by atoms with Crippen molar-refractivity contribution in [1.29, 1.82) is 0 Å². The molecule has 0 heteroatoms. The fraction of sp³-hybridized carbons (Fsp3) is 0.400. The van der Waals surface area contributed by atoms with Crippen LogP contribution in [0.25, 0.3) is 0 Å². The van der Waals surface area contributed by atoms with Crippen LogP contribution in [0, 0.1) is 0 Å². The Morgan fingerprint density at radius 2 is 2.10 bits per heavy atom. The molecule has 0 saturated carbocycles. The van der Waals surface area contributed by atoms with E-state index in [4.69, 9.17) is 1.37 Å². The van der Waals surface area contributed by atoms with Crippen LogP contribution in [0.3, 0.4) is 0 Å². The number of benzene rings is 1. The Morgan fingerprint density at radius 1 is 1.40 bits per heavy atom. The Hall–Kier alpha value is -0.780. The van der Waals surface area contributed by atoms with E-state index in [9.17, 15) is 0 Å². The largest absolute Gasteiger partial charge is 0.0648 e. The Kier molecular flexibility index (Phi) is 2.03. The minimum Gasteiger partial charge on any atom is -0.0648 e. The van der Waals surface area contributed by atoms with Crippen molar-refractivity contribution in [2.24, 2.45) is 0 Å². The van der Waals surface area contributed by atoms with Crippen molar-refractivity contribution in [2.45, 2.75) is 26.2 Å². The van der Waals surface area contributed by atoms with Crippen LogP contribution < -0.4 is 0 Å². The Labute approximate surface area is 64.3 Å². The molecule has 0 unspecified atom stereocenters. The molecule has 0 radical (unpaired) electrons. The van der Waals surface area contributed by atoms with Gasteiger partial charge in [-0.25, -0.2) is 0 Å². The highest BCUT2D eigenvalue weighted by molar-refractivity contribution is 5.18. The van der Waals surface area contributed by atoms with E-state index in [-0.39, 0.29) is 0 Å². The van der Waals surface area contributed by atoms with E-state index in [0.717, 1.165) is 6.42 Å². The minimum absolute atomic E-state index is 0.427. The molecule has 0 saturated heterocycles. The average molecular weight is 135 g/mol. The molecule has 0 heterocycles. The molecule has 0 aliphatic rings. The summed E-state index contributed by atoms with van der Waals surface area (Å²) in [4.78, 5) is 0. The van der Waals surface area contributed by atoms with Gasteiger partial charge in [0.15, 0.2) is 0 Å². The minimum atomic E-state index is 0.427. The molecule has 0 amide bonds. The summed E-state index contributed by atoms with van der Waals surface area (Å²) < 4.78 is 7.30. The lowest BCUT2D eigenvalue weighted by atomic mass is 9.99. The van der Waals surface area contributed by atoms with Crippen molar-refractivity contribution in [3.63, 3.8) is 0 Å². The maximum atomic E-state index is 7.30. The summed E-state index contributed by atoms with van der Waals surface area (Å²) in [7, 11) is 0. The molecule has 0 nitrogen and oxygen atoms in total. The Morgan fingerprint density at radius 3 is 2.60 bits per heavy atom. The standard InChI is InChI=1S/C10H14/c1-3-9(2)10-7-5-4-6-8-10/h4-9H,3H2,1-2H3/t9-/m0/s1/i2D.